The van der Waals surface area contributed by atoms with Crippen LogP contribution in [-0.4, -0.2) is 20.6 Å². The predicted octanol–water partition coefficient (Wildman–Crippen LogP) is 2.72. The van der Waals surface area contributed by atoms with Gasteiger partial charge >= 0.3 is 0 Å². The van der Waals surface area contributed by atoms with Gasteiger partial charge in [0.15, 0.2) is 0 Å². The van der Waals surface area contributed by atoms with Crippen LogP contribution in [-0.2, 0) is 6.54 Å². The summed E-state index contributed by atoms with van der Waals surface area (Å²) in [5, 5.41) is 17.3. The molecular weight excluding hydrogens is 284 g/mol. The van der Waals surface area contributed by atoms with Gasteiger partial charge in [-0.2, -0.15) is 5.10 Å². The number of carbonyl (C=O) groups excluding carboxylic acids is 1. The Kier molecular flexibility index (Phi) is 3.99. The average Bonchev–Trinajstić information content (AvgIpc) is 2.89. The Labute approximate surface area is 119 Å². The minimum atomic E-state index is -0.604. The highest BCUT2D eigenvalue weighted by atomic mass is 35.5. The summed E-state index contributed by atoms with van der Waals surface area (Å²) in [5.41, 5.74) is 0.425. The third kappa shape index (κ3) is 2.94. The number of rotatable bonds is 4. The zero-order valence-corrected chi connectivity index (χ0v) is 11.3. The molecule has 0 aliphatic rings. The maximum absolute atomic E-state index is 11.9. The van der Waals surface area contributed by atoms with Crippen LogP contribution in [0.4, 0.5) is 11.4 Å². The molecule has 0 aliphatic heterocycles. The van der Waals surface area contributed by atoms with Crippen molar-refractivity contribution < 1.29 is 9.72 Å². The lowest BCUT2D eigenvalue weighted by Gasteiger charge is -2.04. The predicted molar refractivity (Wildman–Crippen MR) is 74.0 cm³/mol. The fourth-order valence-electron chi connectivity index (χ4n) is 1.59. The van der Waals surface area contributed by atoms with Crippen LogP contribution >= 0.6 is 11.6 Å². The number of nitro benzene ring substituents is 1. The first-order valence-electron chi connectivity index (χ1n) is 5.79. The lowest BCUT2D eigenvalue weighted by atomic mass is 10.2. The van der Waals surface area contributed by atoms with Gasteiger partial charge in [-0.15, -0.1) is 0 Å². The number of anilines is 1. The summed E-state index contributed by atoms with van der Waals surface area (Å²) in [5.74, 6) is -0.388. The quantitative estimate of drug-likeness (QED) is 0.693. The number of halogens is 1. The van der Waals surface area contributed by atoms with Gasteiger partial charge < -0.3 is 5.32 Å². The van der Waals surface area contributed by atoms with Crippen molar-refractivity contribution in [2.75, 3.05) is 5.32 Å². The molecule has 0 unspecified atom stereocenters. The topological polar surface area (TPSA) is 90.1 Å². The molecule has 2 aromatic rings. The van der Waals surface area contributed by atoms with E-state index in [1.165, 1.54) is 24.4 Å². The van der Waals surface area contributed by atoms with E-state index < -0.39 is 4.92 Å². The van der Waals surface area contributed by atoms with Crippen molar-refractivity contribution >= 4 is 28.9 Å². The molecule has 20 heavy (non-hydrogen) atoms. The molecule has 0 saturated heterocycles. The fraction of sp³-hybridized carbons (Fsp3) is 0.167. The molecule has 2 rings (SSSR count). The summed E-state index contributed by atoms with van der Waals surface area (Å²) in [6.07, 6.45) is 3.03. The monoisotopic (exact) mass is 294 g/mol. The van der Waals surface area contributed by atoms with Crippen LogP contribution in [0.2, 0.25) is 5.02 Å². The molecule has 1 aromatic carbocycles. The Morgan fingerprint density at radius 1 is 1.55 bits per heavy atom. The van der Waals surface area contributed by atoms with Gasteiger partial charge in [-0.3, -0.25) is 19.6 Å². The van der Waals surface area contributed by atoms with Crippen molar-refractivity contribution in [1.29, 1.82) is 0 Å². The number of amides is 1. The second-order valence-electron chi connectivity index (χ2n) is 3.96. The zero-order valence-electron chi connectivity index (χ0n) is 10.5. The third-order valence-electron chi connectivity index (χ3n) is 2.62. The van der Waals surface area contributed by atoms with Crippen molar-refractivity contribution in [3.63, 3.8) is 0 Å². The maximum atomic E-state index is 11.9. The van der Waals surface area contributed by atoms with Gasteiger partial charge in [-0.1, -0.05) is 11.6 Å². The van der Waals surface area contributed by atoms with Gasteiger partial charge in [-0.05, 0) is 19.1 Å². The van der Waals surface area contributed by atoms with Crippen molar-refractivity contribution in [2.45, 2.75) is 13.5 Å². The molecule has 1 amide bonds. The Hall–Kier alpha value is -2.41. The van der Waals surface area contributed by atoms with Crippen LogP contribution in [0.1, 0.15) is 17.3 Å². The smallest absolute Gasteiger partial charge is 0.289 e. The number of hydrogen-bond acceptors (Lipinski definition) is 4. The van der Waals surface area contributed by atoms with E-state index in [0.717, 1.165) is 0 Å². The fourth-order valence-corrected chi connectivity index (χ4v) is 1.77. The molecule has 1 N–H and O–H groups in total. The summed E-state index contributed by atoms with van der Waals surface area (Å²) < 4.78 is 1.61. The summed E-state index contributed by atoms with van der Waals surface area (Å²) in [7, 11) is 0. The van der Waals surface area contributed by atoms with Crippen molar-refractivity contribution in [1.82, 2.24) is 9.78 Å². The lowest BCUT2D eigenvalue weighted by Crippen LogP contribution is -2.11. The minimum Gasteiger partial charge on any atom is -0.322 e. The Balaban J connectivity index is 2.19. The number of nitrogens with zero attached hydrogens (tertiary/aromatic N) is 3. The third-order valence-corrected chi connectivity index (χ3v) is 2.94. The van der Waals surface area contributed by atoms with Gasteiger partial charge in [0.25, 0.3) is 11.6 Å². The van der Waals surface area contributed by atoms with Gasteiger partial charge in [0.05, 0.1) is 16.7 Å². The highest BCUT2D eigenvalue weighted by Gasteiger charge is 2.15. The molecular formula is C12H11ClN4O3. The highest BCUT2D eigenvalue weighted by Crippen LogP contribution is 2.27. The molecule has 0 aliphatic carbocycles. The molecule has 8 heteroatoms. The molecule has 7 nitrogen and oxygen atoms in total. The number of aryl methyl sites for hydroxylation is 1. The second-order valence-corrected chi connectivity index (χ2v) is 4.37. The molecule has 0 saturated carbocycles. The normalized spacial score (nSPS) is 10.3. The summed E-state index contributed by atoms with van der Waals surface area (Å²) in [4.78, 5) is 22.1. The van der Waals surface area contributed by atoms with Gasteiger partial charge in [0, 0.05) is 24.5 Å². The van der Waals surface area contributed by atoms with Crippen molar-refractivity contribution in [2.24, 2.45) is 0 Å². The van der Waals surface area contributed by atoms with E-state index in [-0.39, 0.29) is 16.6 Å². The first kappa shape index (κ1) is 14.0. The van der Waals surface area contributed by atoms with E-state index >= 15 is 0 Å². The summed E-state index contributed by atoms with van der Waals surface area (Å²) in [6, 6.07) is 4.08. The average molecular weight is 295 g/mol. The number of carbonyl (C=O) groups is 1. The van der Waals surface area contributed by atoms with Crippen molar-refractivity contribution in [3.8, 4) is 0 Å². The van der Waals surface area contributed by atoms with E-state index in [1.807, 2.05) is 6.92 Å². The van der Waals surface area contributed by atoms with E-state index in [1.54, 1.807) is 10.9 Å². The van der Waals surface area contributed by atoms with Crippen molar-refractivity contribution in [3.05, 3.63) is 51.3 Å². The number of hydrogen-bond donors (Lipinski definition) is 1. The highest BCUT2D eigenvalue weighted by molar-refractivity contribution is 6.32. The first-order chi connectivity index (χ1) is 9.51. The molecule has 0 radical (unpaired) electrons. The van der Waals surface area contributed by atoms with Crippen LogP contribution in [0, 0.1) is 10.1 Å². The standard InChI is InChI=1S/C12H11ClN4O3/c1-2-16-7-8(6-14-16)12(18)15-9-3-4-10(13)11(5-9)17(19)20/h3-7H,2H2,1H3,(H,15,18). The zero-order chi connectivity index (χ0) is 14.7. The first-order valence-corrected chi connectivity index (χ1v) is 6.16. The van der Waals surface area contributed by atoms with Gasteiger partial charge in [0.2, 0.25) is 0 Å². The van der Waals surface area contributed by atoms with Gasteiger partial charge in [-0.25, -0.2) is 0 Å². The van der Waals surface area contributed by atoms with Crippen LogP contribution in [0.25, 0.3) is 0 Å². The summed E-state index contributed by atoms with van der Waals surface area (Å²) >= 11 is 5.70. The SMILES string of the molecule is CCn1cc(C(=O)Nc2ccc(Cl)c([N+](=O)[O-])c2)cn1. The molecule has 1 aromatic heterocycles. The molecule has 104 valence electrons. The molecule has 0 spiro atoms. The maximum Gasteiger partial charge on any atom is 0.289 e. The number of aromatic nitrogens is 2. The molecule has 0 fully saturated rings. The van der Waals surface area contributed by atoms with E-state index in [0.29, 0.717) is 17.8 Å². The number of nitro groups is 1. The Morgan fingerprint density at radius 3 is 2.90 bits per heavy atom. The minimum absolute atomic E-state index is 0.0202. The second kappa shape index (κ2) is 5.70. The number of benzene rings is 1. The van der Waals surface area contributed by atoms with Crippen LogP contribution in [0.3, 0.4) is 0 Å². The Morgan fingerprint density at radius 2 is 2.30 bits per heavy atom. The summed E-state index contributed by atoms with van der Waals surface area (Å²) in [6.45, 7) is 2.55. The van der Waals surface area contributed by atoms with E-state index in [2.05, 4.69) is 10.4 Å². The van der Waals surface area contributed by atoms with E-state index in [4.69, 9.17) is 11.6 Å². The van der Waals surface area contributed by atoms with Crippen LogP contribution in [0.5, 0.6) is 0 Å². The van der Waals surface area contributed by atoms with Crippen LogP contribution in [0.15, 0.2) is 30.6 Å². The molecule has 0 bridgehead atoms. The van der Waals surface area contributed by atoms with E-state index in [9.17, 15) is 14.9 Å². The van der Waals surface area contributed by atoms with Gasteiger partial charge in [0.1, 0.15) is 5.02 Å². The number of nitrogens with one attached hydrogen (secondary N) is 1. The molecule has 0 atom stereocenters. The van der Waals surface area contributed by atoms with Crippen LogP contribution < -0.4 is 5.32 Å². The Bertz CT molecular complexity index is 668. The largest absolute Gasteiger partial charge is 0.322 e. The molecule has 1 heterocycles. The lowest BCUT2D eigenvalue weighted by molar-refractivity contribution is -0.384.